The van der Waals surface area contributed by atoms with Crippen molar-refractivity contribution in [1.82, 2.24) is 4.90 Å². The molecule has 0 aliphatic carbocycles. The standard InChI is InChI=1S/C22H18ClFN2O2S/c23-17-7-5-16(6-8-17)20-12-19(28-25-20)14-26(22(27)21-2-1-11-29-21)13-15-3-9-18(24)10-4-15/h1-11,19H,12-14H2. The third-order valence-electron chi connectivity index (χ3n) is 4.64. The molecule has 0 spiro atoms. The molecule has 1 unspecified atom stereocenters. The largest absolute Gasteiger partial charge is 0.390 e. The third-order valence-corrected chi connectivity index (χ3v) is 5.75. The molecule has 7 heteroatoms. The van der Waals surface area contributed by atoms with Crippen molar-refractivity contribution in [3.05, 3.63) is 92.9 Å². The number of hydrogen-bond donors (Lipinski definition) is 0. The van der Waals surface area contributed by atoms with Gasteiger partial charge in [0.25, 0.3) is 5.91 Å². The number of thiophene rings is 1. The normalized spacial score (nSPS) is 15.7. The Bertz CT molecular complexity index is 1000. The number of nitrogens with zero attached hydrogens (tertiary/aromatic N) is 2. The van der Waals surface area contributed by atoms with E-state index in [4.69, 9.17) is 16.4 Å². The van der Waals surface area contributed by atoms with Crippen molar-refractivity contribution in [2.45, 2.75) is 19.1 Å². The summed E-state index contributed by atoms with van der Waals surface area (Å²) in [5, 5.41) is 6.74. The van der Waals surface area contributed by atoms with E-state index >= 15 is 0 Å². The second-order valence-corrected chi connectivity index (χ2v) is 8.15. The topological polar surface area (TPSA) is 41.9 Å². The molecule has 1 atom stereocenters. The lowest BCUT2D eigenvalue weighted by atomic mass is 10.0. The highest BCUT2D eigenvalue weighted by Gasteiger charge is 2.27. The molecule has 29 heavy (non-hydrogen) atoms. The molecule has 1 amide bonds. The number of amides is 1. The molecular formula is C22H18ClFN2O2S. The van der Waals surface area contributed by atoms with Gasteiger partial charge in [-0.3, -0.25) is 4.79 Å². The summed E-state index contributed by atoms with van der Waals surface area (Å²) in [5.41, 5.74) is 2.64. The zero-order chi connectivity index (χ0) is 20.2. The molecule has 0 N–H and O–H groups in total. The second-order valence-electron chi connectivity index (χ2n) is 6.77. The third kappa shape index (κ3) is 4.83. The number of rotatable bonds is 6. The Balaban J connectivity index is 1.47. The van der Waals surface area contributed by atoms with Crippen molar-refractivity contribution >= 4 is 34.6 Å². The molecule has 2 heterocycles. The maximum absolute atomic E-state index is 13.2. The fourth-order valence-electron chi connectivity index (χ4n) is 3.17. The van der Waals surface area contributed by atoms with E-state index in [2.05, 4.69) is 5.16 Å². The quantitative estimate of drug-likeness (QED) is 0.529. The van der Waals surface area contributed by atoms with Gasteiger partial charge in [0.2, 0.25) is 0 Å². The van der Waals surface area contributed by atoms with Crippen molar-refractivity contribution < 1.29 is 14.0 Å². The maximum Gasteiger partial charge on any atom is 0.264 e. The minimum Gasteiger partial charge on any atom is -0.390 e. The van der Waals surface area contributed by atoms with Crippen molar-refractivity contribution in [2.24, 2.45) is 5.16 Å². The van der Waals surface area contributed by atoms with Gasteiger partial charge in [-0.05, 0) is 46.8 Å². The van der Waals surface area contributed by atoms with Crippen LogP contribution in [0, 0.1) is 5.82 Å². The van der Waals surface area contributed by atoms with Crippen molar-refractivity contribution in [3.63, 3.8) is 0 Å². The summed E-state index contributed by atoms with van der Waals surface area (Å²) in [5.74, 6) is -0.377. The zero-order valence-electron chi connectivity index (χ0n) is 15.4. The van der Waals surface area contributed by atoms with Crippen LogP contribution in [-0.2, 0) is 11.4 Å². The average Bonchev–Trinajstić information content (AvgIpc) is 3.41. The van der Waals surface area contributed by atoms with Crippen molar-refractivity contribution in [2.75, 3.05) is 6.54 Å². The summed E-state index contributed by atoms with van der Waals surface area (Å²) >= 11 is 7.34. The highest BCUT2D eigenvalue weighted by Crippen LogP contribution is 2.22. The lowest BCUT2D eigenvalue weighted by molar-refractivity contribution is 0.0408. The van der Waals surface area contributed by atoms with Gasteiger partial charge in [0.1, 0.15) is 5.82 Å². The Labute approximate surface area is 177 Å². The first-order valence-corrected chi connectivity index (χ1v) is 10.4. The number of benzene rings is 2. The SMILES string of the molecule is O=C(c1cccs1)N(Cc1ccc(F)cc1)CC1CC(c2ccc(Cl)cc2)=NO1. The van der Waals surface area contributed by atoms with Crippen LogP contribution < -0.4 is 0 Å². The van der Waals surface area contributed by atoms with Crippen LogP contribution in [0.4, 0.5) is 4.39 Å². The maximum atomic E-state index is 13.2. The first-order valence-electron chi connectivity index (χ1n) is 9.14. The fourth-order valence-corrected chi connectivity index (χ4v) is 3.99. The predicted molar refractivity (Wildman–Crippen MR) is 113 cm³/mol. The van der Waals surface area contributed by atoms with Crippen LogP contribution in [0.25, 0.3) is 0 Å². The first-order chi connectivity index (χ1) is 14.1. The Morgan fingerprint density at radius 2 is 1.93 bits per heavy atom. The highest BCUT2D eigenvalue weighted by atomic mass is 35.5. The number of halogens is 2. The molecule has 0 saturated carbocycles. The minimum absolute atomic E-state index is 0.0760. The van der Waals surface area contributed by atoms with E-state index in [1.54, 1.807) is 23.1 Å². The summed E-state index contributed by atoms with van der Waals surface area (Å²) in [6, 6.07) is 17.3. The van der Waals surface area contributed by atoms with Gasteiger partial charge >= 0.3 is 0 Å². The van der Waals surface area contributed by atoms with Gasteiger partial charge in [0.15, 0.2) is 6.10 Å². The molecule has 1 aliphatic heterocycles. The van der Waals surface area contributed by atoms with Gasteiger partial charge in [-0.1, -0.05) is 47.1 Å². The van der Waals surface area contributed by atoms with Crippen LogP contribution in [0.2, 0.25) is 5.02 Å². The molecule has 4 rings (SSSR count). The molecule has 0 radical (unpaired) electrons. The summed E-state index contributed by atoms with van der Waals surface area (Å²) in [6.45, 7) is 0.752. The second kappa shape index (κ2) is 8.76. The smallest absolute Gasteiger partial charge is 0.264 e. The summed E-state index contributed by atoms with van der Waals surface area (Å²) in [4.78, 5) is 21.0. The summed E-state index contributed by atoms with van der Waals surface area (Å²) < 4.78 is 13.2. The van der Waals surface area contributed by atoms with Crippen LogP contribution in [0.15, 0.2) is 71.2 Å². The van der Waals surface area contributed by atoms with E-state index in [-0.39, 0.29) is 17.8 Å². The Kier molecular flexibility index (Phi) is 5.92. The highest BCUT2D eigenvalue weighted by molar-refractivity contribution is 7.12. The molecule has 4 nitrogen and oxygen atoms in total. The van der Waals surface area contributed by atoms with E-state index in [0.29, 0.717) is 29.4 Å². The Morgan fingerprint density at radius 1 is 1.17 bits per heavy atom. The zero-order valence-corrected chi connectivity index (χ0v) is 17.0. The van der Waals surface area contributed by atoms with Gasteiger partial charge in [0.05, 0.1) is 17.1 Å². The number of carbonyl (C=O) groups excluding carboxylic acids is 1. The van der Waals surface area contributed by atoms with Crippen molar-refractivity contribution in [3.8, 4) is 0 Å². The molecule has 1 aliphatic rings. The molecule has 0 saturated heterocycles. The van der Waals surface area contributed by atoms with E-state index in [0.717, 1.165) is 16.8 Å². The number of hydrogen-bond acceptors (Lipinski definition) is 4. The molecule has 2 aromatic carbocycles. The molecule has 0 fully saturated rings. The van der Waals surface area contributed by atoms with E-state index in [1.165, 1.54) is 23.5 Å². The van der Waals surface area contributed by atoms with Crippen LogP contribution in [0.5, 0.6) is 0 Å². The molecule has 1 aromatic heterocycles. The van der Waals surface area contributed by atoms with Crippen LogP contribution in [0.1, 0.15) is 27.2 Å². The van der Waals surface area contributed by atoms with Gasteiger partial charge in [0, 0.05) is 18.0 Å². The molecular weight excluding hydrogens is 411 g/mol. The van der Waals surface area contributed by atoms with Gasteiger partial charge in [-0.2, -0.15) is 0 Å². The molecule has 0 bridgehead atoms. The lowest BCUT2D eigenvalue weighted by Crippen LogP contribution is -2.37. The summed E-state index contributed by atoms with van der Waals surface area (Å²) in [6.07, 6.45) is 0.351. The number of carbonyl (C=O) groups is 1. The predicted octanol–water partition coefficient (Wildman–Crippen LogP) is 5.38. The fraction of sp³-hybridized carbons (Fsp3) is 0.182. The van der Waals surface area contributed by atoms with Crippen LogP contribution in [-0.4, -0.2) is 29.2 Å². The molecule has 3 aromatic rings. The monoisotopic (exact) mass is 428 g/mol. The van der Waals surface area contributed by atoms with E-state index in [1.807, 2.05) is 35.7 Å². The Hall–Kier alpha value is -2.70. The minimum atomic E-state index is -0.301. The summed E-state index contributed by atoms with van der Waals surface area (Å²) in [7, 11) is 0. The first kappa shape index (κ1) is 19.6. The van der Waals surface area contributed by atoms with E-state index in [9.17, 15) is 9.18 Å². The van der Waals surface area contributed by atoms with Crippen LogP contribution >= 0.6 is 22.9 Å². The van der Waals surface area contributed by atoms with E-state index < -0.39 is 0 Å². The van der Waals surface area contributed by atoms with Gasteiger partial charge in [-0.15, -0.1) is 11.3 Å². The van der Waals surface area contributed by atoms with Gasteiger partial charge in [-0.25, -0.2) is 4.39 Å². The number of oxime groups is 1. The average molecular weight is 429 g/mol. The van der Waals surface area contributed by atoms with Crippen molar-refractivity contribution in [1.29, 1.82) is 0 Å². The van der Waals surface area contributed by atoms with Crippen LogP contribution in [0.3, 0.4) is 0 Å². The molecule has 148 valence electrons. The Morgan fingerprint density at radius 3 is 2.62 bits per heavy atom. The lowest BCUT2D eigenvalue weighted by Gasteiger charge is -2.24. The van der Waals surface area contributed by atoms with Gasteiger partial charge < -0.3 is 9.74 Å².